The van der Waals surface area contributed by atoms with Crippen LogP contribution in [0.25, 0.3) is 5.69 Å². The normalized spacial score (nSPS) is 15.5. The van der Waals surface area contributed by atoms with Gasteiger partial charge in [-0.15, -0.1) is 0 Å². The molecule has 1 aromatic heterocycles. The molecule has 0 spiro atoms. The molecule has 23 heavy (non-hydrogen) atoms. The van der Waals surface area contributed by atoms with Crippen LogP contribution in [0.4, 0.5) is 0 Å². The van der Waals surface area contributed by atoms with Crippen LogP contribution in [0.1, 0.15) is 10.5 Å². The second-order valence-corrected chi connectivity index (χ2v) is 5.71. The van der Waals surface area contributed by atoms with E-state index in [9.17, 15) is 4.79 Å². The molecule has 1 amide bonds. The van der Waals surface area contributed by atoms with E-state index in [4.69, 9.17) is 16.3 Å². The van der Waals surface area contributed by atoms with E-state index in [1.807, 2.05) is 18.2 Å². The van der Waals surface area contributed by atoms with E-state index in [0.29, 0.717) is 17.3 Å². The number of rotatable bonds is 5. The zero-order valence-corrected chi connectivity index (χ0v) is 13.5. The summed E-state index contributed by atoms with van der Waals surface area (Å²) in [6.45, 7) is 4.76. The van der Waals surface area contributed by atoms with Crippen LogP contribution in [0.3, 0.4) is 0 Å². The molecule has 2 aromatic rings. The fraction of sp³-hybridized carbons (Fsp3) is 0.375. The predicted octanol–water partition coefficient (Wildman–Crippen LogP) is 1.59. The van der Waals surface area contributed by atoms with Crippen LogP contribution < -0.4 is 5.32 Å². The number of halogens is 1. The van der Waals surface area contributed by atoms with Crippen molar-refractivity contribution in [2.24, 2.45) is 0 Å². The molecule has 1 aliphatic rings. The molecule has 6 nitrogen and oxygen atoms in total. The maximum absolute atomic E-state index is 12.2. The van der Waals surface area contributed by atoms with Crippen molar-refractivity contribution in [3.8, 4) is 5.69 Å². The quantitative estimate of drug-likeness (QED) is 0.902. The molecule has 1 aromatic carbocycles. The largest absolute Gasteiger partial charge is 0.379 e. The minimum absolute atomic E-state index is 0.177. The summed E-state index contributed by atoms with van der Waals surface area (Å²) in [5.41, 5.74) is 1.13. The molecular formula is C16H19ClN4O2. The predicted molar refractivity (Wildman–Crippen MR) is 88.2 cm³/mol. The van der Waals surface area contributed by atoms with E-state index in [1.54, 1.807) is 23.0 Å². The monoisotopic (exact) mass is 334 g/mol. The molecule has 0 unspecified atom stereocenters. The average Bonchev–Trinajstić information content (AvgIpc) is 3.06. The fourth-order valence-corrected chi connectivity index (χ4v) is 2.68. The van der Waals surface area contributed by atoms with Crippen molar-refractivity contribution in [3.63, 3.8) is 0 Å². The number of amides is 1. The van der Waals surface area contributed by atoms with Crippen LogP contribution in [-0.4, -0.2) is 60.0 Å². The van der Waals surface area contributed by atoms with Gasteiger partial charge in [0, 0.05) is 32.4 Å². The molecule has 1 fully saturated rings. The summed E-state index contributed by atoms with van der Waals surface area (Å²) in [7, 11) is 0. The molecule has 3 rings (SSSR count). The molecule has 7 heteroatoms. The molecule has 2 heterocycles. The Morgan fingerprint density at radius 1 is 1.26 bits per heavy atom. The molecule has 0 saturated carbocycles. The minimum Gasteiger partial charge on any atom is -0.379 e. The number of hydrogen-bond donors (Lipinski definition) is 1. The third-order valence-corrected chi connectivity index (χ3v) is 4.06. The maximum Gasteiger partial charge on any atom is 0.271 e. The van der Waals surface area contributed by atoms with E-state index < -0.39 is 0 Å². The number of hydrogen-bond acceptors (Lipinski definition) is 4. The van der Waals surface area contributed by atoms with Crippen LogP contribution in [0.5, 0.6) is 0 Å². The van der Waals surface area contributed by atoms with Crippen molar-refractivity contribution in [2.75, 3.05) is 39.4 Å². The van der Waals surface area contributed by atoms with Crippen molar-refractivity contribution < 1.29 is 9.53 Å². The summed E-state index contributed by atoms with van der Waals surface area (Å²) in [6, 6.07) is 9.07. The molecule has 0 aliphatic carbocycles. The van der Waals surface area contributed by atoms with Gasteiger partial charge < -0.3 is 10.1 Å². The molecule has 0 atom stereocenters. The van der Waals surface area contributed by atoms with Crippen molar-refractivity contribution in [3.05, 3.63) is 47.2 Å². The number of nitrogens with one attached hydrogen (secondary N) is 1. The lowest BCUT2D eigenvalue weighted by atomic mass is 10.3. The molecule has 1 saturated heterocycles. The molecule has 0 radical (unpaired) electrons. The number of ether oxygens (including phenoxy) is 1. The average molecular weight is 335 g/mol. The van der Waals surface area contributed by atoms with Gasteiger partial charge in [0.1, 0.15) is 0 Å². The second-order valence-electron chi connectivity index (χ2n) is 5.31. The van der Waals surface area contributed by atoms with Gasteiger partial charge in [-0.2, -0.15) is 5.10 Å². The summed E-state index contributed by atoms with van der Waals surface area (Å²) < 4.78 is 6.91. The third-order valence-electron chi connectivity index (χ3n) is 3.74. The Morgan fingerprint density at radius 2 is 2.04 bits per heavy atom. The van der Waals surface area contributed by atoms with Crippen LogP contribution in [-0.2, 0) is 4.74 Å². The fourth-order valence-electron chi connectivity index (χ4n) is 2.46. The van der Waals surface area contributed by atoms with Crippen LogP contribution in [0.2, 0.25) is 5.02 Å². The van der Waals surface area contributed by atoms with Gasteiger partial charge in [0.25, 0.3) is 5.91 Å². The Bertz CT molecular complexity index is 668. The molecule has 1 N–H and O–H groups in total. The number of aromatic nitrogens is 2. The number of para-hydroxylation sites is 1. The third kappa shape index (κ3) is 4.10. The first-order chi connectivity index (χ1) is 11.2. The van der Waals surface area contributed by atoms with Gasteiger partial charge in [-0.1, -0.05) is 23.7 Å². The standard InChI is InChI=1S/C16H19ClN4O2/c17-13-3-1-2-4-15(13)21-7-5-14(19-21)16(22)18-6-8-20-9-11-23-12-10-20/h1-5,7H,6,8-12H2,(H,18,22). The SMILES string of the molecule is O=C(NCCN1CCOCC1)c1ccn(-c2ccccc2Cl)n1. The van der Waals surface area contributed by atoms with Gasteiger partial charge in [0.2, 0.25) is 0 Å². The topological polar surface area (TPSA) is 59.4 Å². The van der Waals surface area contributed by atoms with Crippen LogP contribution in [0, 0.1) is 0 Å². The number of carbonyl (C=O) groups excluding carboxylic acids is 1. The first-order valence-corrected chi connectivity index (χ1v) is 8.01. The molecule has 122 valence electrons. The lowest BCUT2D eigenvalue weighted by molar-refractivity contribution is 0.0383. The summed E-state index contributed by atoms with van der Waals surface area (Å²) in [5, 5.41) is 7.78. The summed E-state index contributed by atoms with van der Waals surface area (Å²) in [6.07, 6.45) is 1.73. The molecule has 0 bridgehead atoms. The lowest BCUT2D eigenvalue weighted by Crippen LogP contribution is -2.41. The Labute approximate surface area is 140 Å². The Balaban J connectivity index is 1.55. The van der Waals surface area contributed by atoms with Gasteiger partial charge in [-0.05, 0) is 18.2 Å². The first kappa shape index (κ1) is 16.0. The smallest absolute Gasteiger partial charge is 0.271 e. The van der Waals surface area contributed by atoms with Crippen molar-refractivity contribution in [1.29, 1.82) is 0 Å². The van der Waals surface area contributed by atoms with Crippen LogP contribution in [0.15, 0.2) is 36.5 Å². The Hall–Kier alpha value is -1.89. The highest BCUT2D eigenvalue weighted by atomic mass is 35.5. The summed E-state index contributed by atoms with van der Waals surface area (Å²) >= 11 is 6.14. The lowest BCUT2D eigenvalue weighted by Gasteiger charge is -2.26. The van der Waals surface area contributed by atoms with Gasteiger partial charge in [0.15, 0.2) is 5.69 Å². The zero-order chi connectivity index (χ0) is 16.1. The molecule has 1 aliphatic heterocycles. The highest BCUT2D eigenvalue weighted by molar-refractivity contribution is 6.32. The van der Waals surface area contributed by atoms with Crippen LogP contribution >= 0.6 is 11.6 Å². The maximum atomic E-state index is 12.2. The van der Waals surface area contributed by atoms with E-state index in [1.165, 1.54) is 0 Å². The Morgan fingerprint density at radius 3 is 2.83 bits per heavy atom. The van der Waals surface area contributed by atoms with Crippen molar-refractivity contribution in [2.45, 2.75) is 0 Å². The second kappa shape index (κ2) is 7.59. The Kier molecular flexibility index (Phi) is 5.27. The van der Waals surface area contributed by atoms with E-state index >= 15 is 0 Å². The van der Waals surface area contributed by atoms with E-state index in [0.717, 1.165) is 38.5 Å². The van der Waals surface area contributed by atoms with Gasteiger partial charge >= 0.3 is 0 Å². The van der Waals surface area contributed by atoms with E-state index in [-0.39, 0.29) is 5.91 Å². The van der Waals surface area contributed by atoms with E-state index in [2.05, 4.69) is 15.3 Å². The highest BCUT2D eigenvalue weighted by Crippen LogP contribution is 2.18. The van der Waals surface area contributed by atoms with Gasteiger partial charge in [0.05, 0.1) is 23.9 Å². The number of carbonyl (C=O) groups is 1. The molecular weight excluding hydrogens is 316 g/mol. The first-order valence-electron chi connectivity index (χ1n) is 7.63. The minimum atomic E-state index is -0.177. The summed E-state index contributed by atoms with van der Waals surface area (Å²) in [5.74, 6) is -0.177. The number of benzene rings is 1. The summed E-state index contributed by atoms with van der Waals surface area (Å²) in [4.78, 5) is 14.4. The number of morpholine rings is 1. The van der Waals surface area contributed by atoms with Gasteiger partial charge in [-0.3, -0.25) is 9.69 Å². The number of nitrogens with zero attached hydrogens (tertiary/aromatic N) is 3. The van der Waals surface area contributed by atoms with Crippen molar-refractivity contribution in [1.82, 2.24) is 20.0 Å². The van der Waals surface area contributed by atoms with Crippen molar-refractivity contribution >= 4 is 17.5 Å². The zero-order valence-electron chi connectivity index (χ0n) is 12.7. The van der Waals surface area contributed by atoms with Gasteiger partial charge in [-0.25, -0.2) is 4.68 Å². The highest BCUT2D eigenvalue weighted by Gasteiger charge is 2.13.